The van der Waals surface area contributed by atoms with E-state index >= 15 is 0 Å². The highest BCUT2D eigenvalue weighted by molar-refractivity contribution is 5.81. The number of nitrogens with zero attached hydrogens (tertiary/aromatic N) is 2. The van der Waals surface area contributed by atoms with E-state index in [4.69, 9.17) is 16.2 Å². The first-order chi connectivity index (χ1) is 15.3. The van der Waals surface area contributed by atoms with Gasteiger partial charge in [-0.3, -0.25) is 14.7 Å². The Morgan fingerprint density at radius 1 is 1.41 bits per heavy atom. The van der Waals surface area contributed by atoms with E-state index in [1.165, 1.54) is 6.21 Å². The lowest BCUT2D eigenvalue weighted by Gasteiger charge is -2.41. The molecule has 1 saturated heterocycles. The summed E-state index contributed by atoms with van der Waals surface area (Å²) in [7, 11) is 0. The maximum absolute atomic E-state index is 15.0. The standard InChI is InChI=1S/C22H38F2N6O2/c1-3-15(23)8-28-13(2)19(21(25)26)22(31)29-18-10-27-9-17(24)20(18)14-4-6-30(7-5-14)16-11-32-12-16/h4,9,13,15-21,28H,3,5-8,10-12,25-26H2,1-2H3,(H,29,31). The molecule has 0 aromatic heterocycles. The van der Waals surface area contributed by atoms with Crippen LogP contribution >= 0.6 is 0 Å². The smallest absolute Gasteiger partial charge is 0.227 e. The summed E-state index contributed by atoms with van der Waals surface area (Å²) in [4.78, 5) is 19.6. The van der Waals surface area contributed by atoms with Gasteiger partial charge >= 0.3 is 0 Å². The highest BCUT2D eigenvalue weighted by Crippen LogP contribution is 2.30. The summed E-state index contributed by atoms with van der Waals surface area (Å²) in [5.74, 6) is -1.61. The van der Waals surface area contributed by atoms with Gasteiger partial charge in [-0.2, -0.15) is 0 Å². The topological polar surface area (TPSA) is 118 Å². The molecule has 0 aromatic rings. The number of alkyl halides is 2. The molecule has 10 heteroatoms. The number of halogens is 2. The highest BCUT2D eigenvalue weighted by atomic mass is 19.1. The number of carbonyl (C=O) groups is 1. The van der Waals surface area contributed by atoms with Crippen molar-refractivity contribution >= 4 is 12.1 Å². The summed E-state index contributed by atoms with van der Waals surface area (Å²) in [6, 6.07) is -0.473. The second-order valence-electron chi connectivity index (χ2n) is 9.12. The summed E-state index contributed by atoms with van der Waals surface area (Å²) in [6.07, 6.45) is 1.33. The van der Waals surface area contributed by atoms with Crippen LogP contribution in [0.2, 0.25) is 0 Å². The number of ether oxygens (including phenoxy) is 1. The van der Waals surface area contributed by atoms with E-state index in [2.05, 4.69) is 26.6 Å². The molecule has 0 aliphatic carbocycles. The van der Waals surface area contributed by atoms with Gasteiger partial charge in [0.25, 0.3) is 0 Å². The fourth-order valence-electron chi connectivity index (χ4n) is 4.67. The maximum Gasteiger partial charge on any atom is 0.227 e. The lowest BCUT2D eigenvalue weighted by Crippen LogP contribution is -2.59. The number of nitrogens with one attached hydrogen (secondary N) is 2. The minimum absolute atomic E-state index is 0.118. The van der Waals surface area contributed by atoms with E-state index in [1.54, 1.807) is 13.8 Å². The highest BCUT2D eigenvalue weighted by Gasteiger charge is 2.39. The van der Waals surface area contributed by atoms with Crippen molar-refractivity contribution in [3.63, 3.8) is 0 Å². The zero-order valence-corrected chi connectivity index (χ0v) is 19.1. The second-order valence-corrected chi connectivity index (χ2v) is 9.12. The molecule has 6 unspecified atom stereocenters. The Kier molecular flexibility index (Phi) is 9.13. The molecule has 0 radical (unpaired) electrons. The number of amides is 1. The van der Waals surface area contributed by atoms with Crippen LogP contribution in [-0.2, 0) is 9.53 Å². The summed E-state index contributed by atoms with van der Waals surface area (Å²) in [6.45, 7) is 7.03. The molecule has 3 aliphatic rings. The van der Waals surface area contributed by atoms with Crippen molar-refractivity contribution in [1.29, 1.82) is 0 Å². The largest absolute Gasteiger partial charge is 0.378 e. The molecule has 1 amide bonds. The van der Waals surface area contributed by atoms with Gasteiger partial charge < -0.3 is 26.8 Å². The van der Waals surface area contributed by atoms with E-state index in [9.17, 15) is 13.6 Å². The predicted octanol–water partition coefficient (Wildman–Crippen LogP) is 0.127. The van der Waals surface area contributed by atoms with Gasteiger partial charge in [0, 0.05) is 37.8 Å². The quantitative estimate of drug-likeness (QED) is 0.274. The van der Waals surface area contributed by atoms with Crippen molar-refractivity contribution in [2.24, 2.45) is 28.3 Å². The van der Waals surface area contributed by atoms with Gasteiger partial charge in [-0.15, -0.1) is 0 Å². The first-order valence-corrected chi connectivity index (χ1v) is 11.7. The van der Waals surface area contributed by atoms with Gasteiger partial charge in [0.1, 0.15) is 12.3 Å². The van der Waals surface area contributed by atoms with Crippen LogP contribution in [0.1, 0.15) is 26.7 Å². The molecular formula is C22H38F2N6O2. The van der Waals surface area contributed by atoms with Gasteiger partial charge in [-0.25, -0.2) is 8.78 Å². The van der Waals surface area contributed by atoms with E-state index < -0.39 is 42.4 Å². The number of nitrogens with two attached hydrogens (primary N) is 2. The monoisotopic (exact) mass is 456 g/mol. The molecule has 32 heavy (non-hydrogen) atoms. The predicted molar refractivity (Wildman–Crippen MR) is 121 cm³/mol. The molecule has 0 spiro atoms. The minimum Gasteiger partial charge on any atom is -0.378 e. The van der Waals surface area contributed by atoms with Crippen LogP contribution in [0.15, 0.2) is 16.6 Å². The summed E-state index contributed by atoms with van der Waals surface area (Å²) in [5, 5.41) is 5.97. The van der Waals surface area contributed by atoms with Crippen LogP contribution in [0.4, 0.5) is 8.78 Å². The molecule has 1 fully saturated rings. The molecule has 3 aliphatic heterocycles. The molecule has 6 atom stereocenters. The summed E-state index contributed by atoms with van der Waals surface area (Å²) >= 11 is 0. The maximum atomic E-state index is 15.0. The van der Waals surface area contributed by atoms with Crippen molar-refractivity contribution in [2.45, 2.75) is 63.3 Å². The van der Waals surface area contributed by atoms with Crippen molar-refractivity contribution in [3.8, 4) is 0 Å². The molecule has 3 heterocycles. The van der Waals surface area contributed by atoms with Gasteiger partial charge in [0.2, 0.25) is 5.91 Å². The zero-order valence-electron chi connectivity index (χ0n) is 19.1. The fraction of sp³-hybridized carbons (Fsp3) is 0.818. The number of carbonyl (C=O) groups excluding carboxylic acids is 1. The van der Waals surface area contributed by atoms with Crippen LogP contribution in [0.3, 0.4) is 0 Å². The normalized spacial score (nSPS) is 29.8. The van der Waals surface area contributed by atoms with Crippen LogP contribution in [0.25, 0.3) is 0 Å². The van der Waals surface area contributed by atoms with Crippen molar-refractivity contribution < 1.29 is 18.3 Å². The first-order valence-electron chi connectivity index (χ1n) is 11.7. The van der Waals surface area contributed by atoms with Crippen LogP contribution in [-0.4, -0.2) is 93.0 Å². The Morgan fingerprint density at radius 2 is 2.16 bits per heavy atom. The lowest BCUT2D eigenvalue weighted by molar-refractivity contribution is -0.127. The molecule has 0 aromatic carbocycles. The Bertz CT molecular complexity index is 687. The van der Waals surface area contributed by atoms with Crippen molar-refractivity contribution in [2.75, 3.05) is 39.4 Å². The molecule has 0 bridgehead atoms. The van der Waals surface area contributed by atoms with E-state index in [-0.39, 0.29) is 12.5 Å². The third-order valence-corrected chi connectivity index (χ3v) is 6.86. The molecular weight excluding hydrogens is 418 g/mol. The van der Waals surface area contributed by atoms with E-state index in [1.807, 2.05) is 0 Å². The lowest BCUT2D eigenvalue weighted by atomic mass is 9.82. The Balaban J connectivity index is 1.65. The fourth-order valence-corrected chi connectivity index (χ4v) is 4.67. The van der Waals surface area contributed by atoms with Gasteiger partial charge in [0.05, 0.1) is 43.9 Å². The molecule has 0 saturated carbocycles. The Labute approximate surface area is 189 Å². The van der Waals surface area contributed by atoms with Crippen molar-refractivity contribution in [3.05, 3.63) is 11.6 Å². The number of aliphatic imine (C=N–C) groups is 1. The number of hydrogen-bond acceptors (Lipinski definition) is 7. The summed E-state index contributed by atoms with van der Waals surface area (Å²) in [5.41, 5.74) is 12.8. The van der Waals surface area contributed by atoms with Gasteiger partial charge in [-0.05, 0) is 19.8 Å². The number of hydrogen-bond donors (Lipinski definition) is 4. The molecule has 6 N–H and O–H groups in total. The summed E-state index contributed by atoms with van der Waals surface area (Å²) < 4.78 is 33.9. The minimum atomic E-state index is -1.27. The third kappa shape index (κ3) is 6.11. The van der Waals surface area contributed by atoms with E-state index in [0.717, 1.165) is 38.3 Å². The molecule has 8 nitrogen and oxygen atoms in total. The molecule has 3 rings (SSSR count). The van der Waals surface area contributed by atoms with Crippen LogP contribution in [0, 0.1) is 11.8 Å². The van der Waals surface area contributed by atoms with Crippen molar-refractivity contribution in [1.82, 2.24) is 15.5 Å². The number of rotatable bonds is 10. The zero-order chi connectivity index (χ0) is 23.3. The second kappa shape index (κ2) is 11.6. The first kappa shape index (κ1) is 25.2. The van der Waals surface area contributed by atoms with Crippen LogP contribution < -0.4 is 22.1 Å². The van der Waals surface area contributed by atoms with Crippen LogP contribution in [0.5, 0.6) is 0 Å². The van der Waals surface area contributed by atoms with Gasteiger partial charge in [-0.1, -0.05) is 18.6 Å². The molecule has 182 valence electrons. The Hall–Kier alpha value is -1.46. The average molecular weight is 457 g/mol. The SMILES string of the molecule is CCC(F)CNC(C)C(C(=O)NC1CN=CC(F)C1C1=CCN(C2COC2)CC1)C(N)N. The average Bonchev–Trinajstić information content (AvgIpc) is 2.71. The third-order valence-electron chi connectivity index (χ3n) is 6.86. The Morgan fingerprint density at radius 3 is 2.72 bits per heavy atom. The van der Waals surface area contributed by atoms with Gasteiger partial charge in [0.15, 0.2) is 0 Å². The van der Waals surface area contributed by atoms with E-state index in [0.29, 0.717) is 19.0 Å².